The summed E-state index contributed by atoms with van der Waals surface area (Å²) in [5.41, 5.74) is 2.12. The second-order valence-electron chi connectivity index (χ2n) is 6.46. The van der Waals surface area contributed by atoms with Gasteiger partial charge in [-0.25, -0.2) is 0 Å². The highest BCUT2D eigenvalue weighted by Crippen LogP contribution is 2.20. The molecule has 1 fully saturated rings. The van der Waals surface area contributed by atoms with Crippen molar-refractivity contribution in [2.75, 3.05) is 6.54 Å². The SMILES string of the molecule is C=CCN1C(=O)/C(=C/C(=C/c2ccccc2)CCCCCC)C(=O)NC1=S. The third-order valence-corrected chi connectivity index (χ3v) is 4.62. The lowest BCUT2D eigenvalue weighted by molar-refractivity contribution is -0.128. The third kappa shape index (κ3) is 6.00. The predicted octanol–water partition coefficient (Wildman–Crippen LogP) is 4.40. The summed E-state index contributed by atoms with van der Waals surface area (Å²) in [5.74, 6) is -0.825. The van der Waals surface area contributed by atoms with Crippen LogP contribution in [0, 0.1) is 0 Å². The van der Waals surface area contributed by atoms with Gasteiger partial charge in [0.25, 0.3) is 11.8 Å². The van der Waals surface area contributed by atoms with E-state index in [0.29, 0.717) is 0 Å². The predicted molar refractivity (Wildman–Crippen MR) is 114 cm³/mol. The fourth-order valence-corrected chi connectivity index (χ4v) is 3.13. The van der Waals surface area contributed by atoms with E-state index in [2.05, 4.69) is 18.8 Å². The zero-order valence-corrected chi connectivity index (χ0v) is 16.6. The molecule has 1 aromatic carbocycles. The van der Waals surface area contributed by atoms with Crippen molar-refractivity contribution in [1.29, 1.82) is 0 Å². The van der Waals surface area contributed by atoms with Gasteiger partial charge in [-0.15, -0.1) is 6.58 Å². The largest absolute Gasteiger partial charge is 0.298 e. The molecular formula is C22H26N2O2S. The molecule has 0 radical (unpaired) electrons. The molecule has 0 bridgehead atoms. The van der Waals surface area contributed by atoms with Gasteiger partial charge in [0.15, 0.2) is 5.11 Å². The monoisotopic (exact) mass is 382 g/mol. The van der Waals surface area contributed by atoms with Gasteiger partial charge in [-0.05, 0) is 42.3 Å². The van der Waals surface area contributed by atoms with E-state index in [4.69, 9.17) is 12.2 Å². The number of carbonyl (C=O) groups excluding carboxylic acids is 2. The van der Waals surface area contributed by atoms with Crippen LogP contribution in [0.1, 0.15) is 44.6 Å². The molecule has 0 spiro atoms. The van der Waals surface area contributed by atoms with Gasteiger partial charge >= 0.3 is 0 Å². The van der Waals surface area contributed by atoms with E-state index < -0.39 is 5.91 Å². The summed E-state index contributed by atoms with van der Waals surface area (Å²) in [6.07, 6.45) is 10.6. The number of hydrogen-bond donors (Lipinski definition) is 1. The molecule has 0 aliphatic carbocycles. The average molecular weight is 383 g/mol. The van der Waals surface area contributed by atoms with Crippen molar-refractivity contribution in [2.24, 2.45) is 0 Å². The van der Waals surface area contributed by atoms with Crippen LogP contribution in [0.3, 0.4) is 0 Å². The van der Waals surface area contributed by atoms with Crippen molar-refractivity contribution in [3.63, 3.8) is 0 Å². The summed E-state index contributed by atoms with van der Waals surface area (Å²) in [5, 5.41) is 2.72. The van der Waals surface area contributed by atoms with Crippen molar-refractivity contribution in [1.82, 2.24) is 10.2 Å². The third-order valence-electron chi connectivity index (χ3n) is 4.30. The molecule has 0 unspecified atom stereocenters. The first-order valence-electron chi connectivity index (χ1n) is 9.32. The highest BCUT2D eigenvalue weighted by molar-refractivity contribution is 7.80. The van der Waals surface area contributed by atoms with Crippen LogP contribution in [0.15, 0.2) is 60.2 Å². The van der Waals surface area contributed by atoms with E-state index in [1.807, 2.05) is 36.4 Å². The maximum Gasteiger partial charge on any atom is 0.265 e. The first-order valence-corrected chi connectivity index (χ1v) is 9.73. The van der Waals surface area contributed by atoms with Gasteiger partial charge in [0.05, 0.1) is 0 Å². The molecule has 2 amide bonds. The van der Waals surface area contributed by atoms with Crippen LogP contribution in [0.4, 0.5) is 0 Å². The van der Waals surface area contributed by atoms with E-state index in [9.17, 15) is 9.59 Å². The summed E-state index contributed by atoms with van der Waals surface area (Å²) >= 11 is 5.10. The van der Waals surface area contributed by atoms with Gasteiger partial charge in [-0.1, -0.05) is 68.7 Å². The summed E-state index contributed by atoms with van der Waals surface area (Å²) in [6, 6.07) is 9.91. The van der Waals surface area contributed by atoms with Crippen molar-refractivity contribution in [2.45, 2.75) is 39.0 Å². The topological polar surface area (TPSA) is 49.4 Å². The Labute approximate surface area is 166 Å². The highest BCUT2D eigenvalue weighted by Gasteiger charge is 2.32. The number of thiocarbonyl (C=S) groups is 1. The lowest BCUT2D eigenvalue weighted by atomic mass is 10.00. The molecule has 4 nitrogen and oxygen atoms in total. The Morgan fingerprint density at radius 3 is 2.59 bits per heavy atom. The quantitative estimate of drug-likeness (QED) is 0.226. The van der Waals surface area contributed by atoms with Crippen LogP contribution < -0.4 is 5.32 Å². The smallest absolute Gasteiger partial charge is 0.265 e. The average Bonchev–Trinajstić information content (AvgIpc) is 2.66. The standard InChI is InChI=1S/C22H26N2O2S/c1-3-5-6-8-13-18(15-17-11-9-7-10-12-17)16-19-20(25)23-22(27)24(14-4-2)21(19)26/h4,7,9-12,15-16H,2-3,5-6,8,13-14H2,1H3,(H,23,25,27)/b18-15+,19-16+. The minimum Gasteiger partial charge on any atom is -0.298 e. The molecule has 1 aliphatic rings. The number of nitrogens with zero attached hydrogens (tertiary/aromatic N) is 1. The van der Waals surface area contributed by atoms with E-state index in [1.54, 1.807) is 12.2 Å². The van der Waals surface area contributed by atoms with Crippen molar-refractivity contribution >= 4 is 35.2 Å². The molecule has 2 rings (SSSR count). The molecule has 0 aromatic heterocycles. The van der Waals surface area contributed by atoms with Gasteiger partial charge in [0.2, 0.25) is 0 Å². The van der Waals surface area contributed by atoms with Crippen LogP contribution >= 0.6 is 12.2 Å². The van der Waals surface area contributed by atoms with Crippen LogP contribution in [0.2, 0.25) is 0 Å². The zero-order valence-electron chi connectivity index (χ0n) is 15.7. The Bertz CT molecular complexity index is 766. The van der Waals surface area contributed by atoms with E-state index >= 15 is 0 Å². The van der Waals surface area contributed by atoms with E-state index in [0.717, 1.165) is 36.8 Å². The number of allylic oxidation sites excluding steroid dienone is 2. The second kappa shape index (κ2) is 10.6. The van der Waals surface area contributed by atoms with Crippen LogP contribution in [0.25, 0.3) is 6.08 Å². The Hall–Kier alpha value is -2.53. The van der Waals surface area contributed by atoms with Crippen molar-refractivity contribution in [3.05, 3.63) is 65.8 Å². The number of unbranched alkanes of at least 4 members (excludes halogenated alkanes) is 3. The van der Waals surface area contributed by atoms with Crippen LogP contribution in [-0.4, -0.2) is 28.4 Å². The number of benzene rings is 1. The Kier molecular flexibility index (Phi) is 8.14. The molecule has 1 aromatic rings. The molecule has 0 saturated carbocycles. The fraction of sp³-hybridized carbons (Fsp3) is 0.318. The molecular weight excluding hydrogens is 356 g/mol. The molecule has 27 heavy (non-hydrogen) atoms. The van der Waals surface area contributed by atoms with E-state index in [1.165, 1.54) is 11.3 Å². The Morgan fingerprint density at radius 2 is 1.93 bits per heavy atom. The minimum absolute atomic E-state index is 0.114. The first kappa shape index (κ1) is 20.8. The Morgan fingerprint density at radius 1 is 1.19 bits per heavy atom. The van der Waals surface area contributed by atoms with Gasteiger partial charge < -0.3 is 0 Å². The van der Waals surface area contributed by atoms with Crippen LogP contribution in [-0.2, 0) is 9.59 Å². The summed E-state index contributed by atoms with van der Waals surface area (Å²) < 4.78 is 0. The van der Waals surface area contributed by atoms with Crippen molar-refractivity contribution < 1.29 is 9.59 Å². The van der Waals surface area contributed by atoms with Gasteiger partial charge in [0, 0.05) is 6.54 Å². The molecule has 1 N–H and O–H groups in total. The molecule has 5 heteroatoms. The fourth-order valence-electron chi connectivity index (χ4n) is 2.88. The normalized spacial score (nSPS) is 16.6. The van der Waals surface area contributed by atoms with Gasteiger partial charge in [-0.3, -0.25) is 19.8 Å². The first-order chi connectivity index (χ1) is 13.1. The van der Waals surface area contributed by atoms with Crippen LogP contribution in [0.5, 0.6) is 0 Å². The summed E-state index contributed by atoms with van der Waals surface area (Å²) in [4.78, 5) is 26.5. The van der Waals surface area contributed by atoms with Gasteiger partial charge in [-0.2, -0.15) is 0 Å². The molecule has 142 valence electrons. The molecule has 0 atom stereocenters. The summed E-state index contributed by atoms with van der Waals surface area (Å²) in [7, 11) is 0. The second-order valence-corrected chi connectivity index (χ2v) is 6.85. The van der Waals surface area contributed by atoms with Gasteiger partial charge in [0.1, 0.15) is 5.57 Å². The number of nitrogens with one attached hydrogen (secondary N) is 1. The molecule has 1 heterocycles. The minimum atomic E-state index is -0.446. The lowest BCUT2D eigenvalue weighted by Crippen LogP contribution is -2.54. The Balaban J connectivity index is 2.31. The number of carbonyl (C=O) groups is 2. The number of hydrogen-bond acceptors (Lipinski definition) is 3. The number of amides is 2. The zero-order chi connectivity index (χ0) is 19.6. The number of rotatable bonds is 9. The molecule has 1 saturated heterocycles. The highest BCUT2D eigenvalue weighted by atomic mass is 32.1. The summed E-state index contributed by atoms with van der Waals surface area (Å²) in [6.45, 7) is 6.08. The molecule has 1 aliphatic heterocycles. The lowest BCUT2D eigenvalue weighted by Gasteiger charge is -2.28. The van der Waals surface area contributed by atoms with Crippen molar-refractivity contribution in [3.8, 4) is 0 Å². The maximum absolute atomic E-state index is 12.7. The van der Waals surface area contributed by atoms with E-state index in [-0.39, 0.29) is 23.1 Å². The maximum atomic E-state index is 12.7.